The van der Waals surface area contributed by atoms with Crippen LogP contribution in [0.5, 0.6) is 0 Å². The number of rotatable bonds is 4. The third kappa shape index (κ3) is 3.85. The van der Waals surface area contributed by atoms with E-state index in [0.29, 0.717) is 19.6 Å². The number of hydrogen-bond donors (Lipinski definition) is 0. The minimum Gasteiger partial charge on any atom is -0.447 e. The Morgan fingerprint density at radius 1 is 1.18 bits per heavy atom. The second kappa shape index (κ2) is 8.34. The molecule has 1 aromatic carbocycles. The Balaban J connectivity index is 1.38. The number of non-ortho nitro benzene ring substituents is 1. The molecule has 5 rings (SSSR count). The largest absolute Gasteiger partial charge is 0.447 e. The van der Waals surface area contributed by atoms with Crippen molar-refractivity contribution in [3.63, 3.8) is 0 Å². The highest BCUT2D eigenvalue weighted by atomic mass is 16.6. The molecule has 1 amide bonds. The topological polar surface area (TPSA) is 107 Å². The number of carbonyl (C=O) groups excluding carboxylic acids is 1. The van der Waals surface area contributed by atoms with Gasteiger partial charge in [-0.1, -0.05) is 0 Å². The average molecular weight is 450 g/mol. The van der Waals surface area contributed by atoms with Gasteiger partial charge in [-0.2, -0.15) is 0 Å². The van der Waals surface area contributed by atoms with E-state index in [9.17, 15) is 14.9 Å². The molecule has 1 fully saturated rings. The first kappa shape index (κ1) is 21.2. The van der Waals surface area contributed by atoms with Crippen molar-refractivity contribution in [1.29, 1.82) is 0 Å². The summed E-state index contributed by atoms with van der Waals surface area (Å²) in [7, 11) is 0. The van der Waals surface area contributed by atoms with Gasteiger partial charge in [0.25, 0.3) is 5.69 Å². The lowest BCUT2D eigenvalue weighted by Crippen LogP contribution is -2.40. The lowest BCUT2D eigenvalue weighted by Gasteiger charge is -2.32. The molecule has 0 saturated carbocycles. The quantitative estimate of drug-likeness (QED) is 0.433. The maximum absolute atomic E-state index is 12.2. The minimum atomic E-state index is -0.361. The smallest absolute Gasteiger partial charge is 0.410 e. The SMILES string of the molecule is CC(C)OC(=O)N1CCC(n2ccc3c(N4CCc5cc([N+](=O)[O-])ccc54)ncnc32)CC1. The summed E-state index contributed by atoms with van der Waals surface area (Å²) in [5, 5.41) is 12.1. The fourth-order valence-corrected chi connectivity index (χ4v) is 4.79. The number of ether oxygens (including phenoxy) is 1. The number of fused-ring (bicyclic) bond motifs is 2. The highest BCUT2D eigenvalue weighted by Crippen LogP contribution is 2.39. The summed E-state index contributed by atoms with van der Waals surface area (Å²) >= 11 is 0. The first-order valence-corrected chi connectivity index (χ1v) is 11.2. The minimum absolute atomic E-state index is 0.109. The van der Waals surface area contributed by atoms with E-state index >= 15 is 0 Å². The van der Waals surface area contributed by atoms with E-state index in [0.717, 1.165) is 47.4 Å². The van der Waals surface area contributed by atoms with Gasteiger partial charge in [0.15, 0.2) is 0 Å². The zero-order valence-electron chi connectivity index (χ0n) is 18.7. The zero-order valence-corrected chi connectivity index (χ0v) is 18.7. The maximum atomic E-state index is 12.2. The summed E-state index contributed by atoms with van der Waals surface area (Å²) in [4.78, 5) is 36.0. The van der Waals surface area contributed by atoms with Crippen LogP contribution < -0.4 is 4.90 Å². The maximum Gasteiger partial charge on any atom is 0.410 e. The van der Waals surface area contributed by atoms with Crippen LogP contribution in [-0.2, 0) is 11.2 Å². The van der Waals surface area contributed by atoms with Crippen LogP contribution in [0.4, 0.5) is 22.0 Å². The lowest BCUT2D eigenvalue weighted by atomic mass is 10.1. The Hall–Kier alpha value is -3.69. The number of piperidine rings is 1. The van der Waals surface area contributed by atoms with E-state index in [-0.39, 0.29) is 28.8 Å². The van der Waals surface area contributed by atoms with Crippen LogP contribution in [0, 0.1) is 10.1 Å². The Labute approximate surface area is 190 Å². The van der Waals surface area contributed by atoms with Gasteiger partial charge < -0.3 is 19.1 Å². The molecule has 172 valence electrons. The van der Waals surface area contributed by atoms with E-state index in [1.807, 2.05) is 26.1 Å². The van der Waals surface area contributed by atoms with E-state index < -0.39 is 0 Å². The number of benzene rings is 1. The Kier molecular flexibility index (Phi) is 5.35. The van der Waals surface area contributed by atoms with Crippen molar-refractivity contribution in [3.8, 4) is 0 Å². The molecule has 0 aliphatic carbocycles. The van der Waals surface area contributed by atoms with Crippen LogP contribution in [-0.4, -0.2) is 56.2 Å². The van der Waals surface area contributed by atoms with Gasteiger partial charge in [0, 0.05) is 49.7 Å². The Bertz CT molecular complexity index is 1210. The van der Waals surface area contributed by atoms with Crippen LogP contribution in [0.15, 0.2) is 36.8 Å². The van der Waals surface area contributed by atoms with Crippen LogP contribution >= 0.6 is 0 Å². The van der Waals surface area contributed by atoms with Crippen molar-refractivity contribution in [1.82, 2.24) is 19.4 Å². The van der Waals surface area contributed by atoms with Crippen molar-refractivity contribution < 1.29 is 14.5 Å². The van der Waals surface area contributed by atoms with Crippen molar-refractivity contribution in [2.24, 2.45) is 0 Å². The number of carbonyl (C=O) groups is 1. The molecule has 10 heteroatoms. The molecule has 33 heavy (non-hydrogen) atoms. The first-order valence-electron chi connectivity index (χ1n) is 11.2. The molecule has 3 aromatic rings. The highest BCUT2D eigenvalue weighted by Gasteiger charge is 2.29. The molecule has 2 aliphatic heterocycles. The van der Waals surface area contributed by atoms with Gasteiger partial charge in [-0.25, -0.2) is 14.8 Å². The van der Waals surface area contributed by atoms with Gasteiger partial charge >= 0.3 is 6.09 Å². The predicted molar refractivity (Wildman–Crippen MR) is 123 cm³/mol. The van der Waals surface area contributed by atoms with Gasteiger partial charge in [0.2, 0.25) is 0 Å². The molecule has 4 heterocycles. The number of amides is 1. The third-order valence-corrected chi connectivity index (χ3v) is 6.37. The number of nitro benzene ring substituents is 1. The van der Waals surface area contributed by atoms with E-state index in [2.05, 4.69) is 19.4 Å². The summed E-state index contributed by atoms with van der Waals surface area (Å²) in [6.07, 6.45) is 5.63. The standard InChI is InChI=1S/C23H26N6O4/c1-15(2)33-23(30)26-9-6-17(7-10-26)27-12-8-19-21(27)24-14-25-22(19)28-11-5-16-13-18(29(31)32)3-4-20(16)28/h3-4,8,12-15,17H,5-7,9-11H2,1-2H3. The molecule has 0 N–H and O–H groups in total. The molecule has 10 nitrogen and oxygen atoms in total. The number of anilines is 2. The van der Waals surface area contributed by atoms with Gasteiger partial charge in [-0.15, -0.1) is 0 Å². The highest BCUT2D eigenvalue weighted by molar-refractivity contribution is 5.91. The molecular weight excluding hydrogens is 424 g/mol. The Morgan fingerprint density at radius 3 is 2.70 bits per heavy atom. The van der Waals surface area contributed by atoms with E-state index in [1.165, 1.54) is 0 Å². The van der Waals surface area contributed by atoms with Gasteiger partial charge in [-0.05, 0) is 50.8 Å². The van der Waals surface area contributed by atoms with E-state index in [4.69, 9.17) is 4.74 Å². The fourth-order valence-electron chi connectivity index (χ4n) is 4.79. The molecule has 0 bridgehead atoms. The molecule has 2 aliphatic rings. The second-order valence-electron chi connectivity index (χ2n) is 8.78. The first-order chi connectivity index (χ1) is 15.9. The van der Waals surface area contributed by atoms with Crippen LogP contribution in [0.2, 0.25) is 0 Å². The number of nitro groups is 1. The normalized spacial score (nSPS) is 16.5. The molecule has 0 unspecified atom stereocenters. The van der Waals surface area contributed by atoms with Crippen LogP contribution in [0.1, 0.15) is 38.3 Å². The van der Waals surface area contributed by atoms with Crippen molar-refractivity contribution in [3.05, 3.63) is 52.5 Å². The summed E-state index contributed by atoms with van der Waals surface area (Å²) in [6.45, 7) is 5.71. The van der Waals surface area contributed by atoms with Crippen LogP contribution in [0.3, 0.4) is 0 Å². The van der Waals surface area contributed by atoms with Crippen molar-refractivity contribution in [2.45, 2.75) is 45.3 Å². The number of hydrogen-bond acceptors (Lipinski definition) is 7. The van der Waals surface area contributed by atoms with E-state index in [1.54, 1.807) is 29.4 Å². The molecule has 2 aromatic heterocycles. The van der Waals surface area contributed by atoms with Gasteiger partial charge in [0.1, 0.15) is 17.8 Å². The molecule has 1 saturated heterocycles. The monoisotopic (exact) mass is 450 g/mol. The van der Waals surface area contributed by atoms with Crippen LogP contribution in [0.25, 0.3) is 11.0 Å². The molecular formula is C23H26N6O4. The van der Waals surface area contributed by atoms with Gasteiger partial charge in [-0.3, -0.25) is 10.1 Å². The number of nitrogens with zero attached hydrogens (tertiary/aromatic N) is 6. The second-order valence-corrected chi connectivity index (χ2v) is 8.78. The van der Waals surface area contributed by atoms with Crippen molar-refractivity contribution >= 4 is 34.3 Å². The van der Waals surface area contributed by atoms with Gasteiger partial charge in [0.05, 0.1) is 16.4 Å². The third-order valence-electron chi connectivity index (χ3n) is 6.37. The summed E-state index contributed by atoms with van der Waals surface area (Å²) in [5.41, 5.74) is 2.87. The predicted octanol–water partition coefficient (Wildman–Crippen LogP) is 4.22. The lowest BCUT2D eigenvalue weighted by molar-refractivity contribution is -0.384. The zero-order chi connectivity index (χ0) is 23.1. The number of aromatic nitrogens is 3. The molecule has 0 spiro atoms. The summed E-state index contributed by atoms with van der Waals surface area (Å²) in [5.74, 6) is 0.810. The molecule has 0 atom stereocenters. The number of likely N-dealkylation sites (tertiary alicyclic amines) is 1. The summed E-state index contributed by atoms with van der Waals surface area (Å²) in [6, 6.07) is 7.27. The average Bonchev–Trinajstić information content (AvgIpc) is 3.42. The van der Waals surface area contributed by atoms with Crippen molar-refractivity contribution in [2.75, 3.05) is 24.5 Å². The Morgan fingerprint density at radius 2 is 1.97 bits per heavy atom. The fraction of sp³-hybridized carbons (Fsp3) is 0.435. The molecule has 0 radical (unpaired) electrons. The summed E-state index contributed by atoms with van der Waals surface area (Å²) < 4.78 is 7.50.